The second-order valence-corrected chi connectivity index (χ2v) is 11.5. The van der Waals surface area contributed by atoms with Crippen molar-refractivity contribution in [3.8, 4) is 0 Å². The summed E-state index contributed by atoms with van der Waals surface area (Å²) in [6.45, 7) is 3.98. The predicted molar refractivity (Wildman–Crippen MR) is 158 cm³/mol. The zero-order valence-corrected chi connectivity index (χ0v) is 22.9. The van der Waals surface area contributed by atoms with Gasteiger partial charge in [0.1, 0.15) is 11.5 Å². The first-order valence-corrected chi connectivity index (χ1v) is 13.8. The van der Waals surface area contributed by atoms with E-state index in [1.165, 1.54) is 0 Å². The van der Waals surface area contributed by atoms with Crippen molar-refractivity contribution in [2.24, 2.45) is 5.41 Å². The average molecular weight is 544 g/mol. The monoisotopic (exact) mass is 543 g/mol. The van der Waals surface area contributed by atoms with Crippen molar-refractivity contribution < 1.29 is 14.4 Å². The third-order valence-electron chi connectivity index (χ3n) is 8.81. The maximum atomic E-state index is 14.7. The summed E-state index contributed by atoms with van der Waals surface area (Å²) in [7, 11) is 0. The summed E-state index contributed by atoms with van der Waals surface area (Å²) in [6.07, 6.45) is 3.85. The smallest absolute Gasteiger partial charge is 0.185 e. The van der Waals surface area contributed by atoms with Gasteiger partial charge in [-0.25, -0.2) is 0 Å². The number of hydrogen-bond donors (Lipinski definition) is 0. The van der Waals surface area contributed by atoms with Crippen molar-refractivity contribution in [3.05, 3.63) is 141 Å². The number of fused-ring (bicyclic) bond motifs is 5. The van der Waals surface area contributed by atoms with Crippen molar-refractivity contribution >= 4 is 40.7 Å². The Kier molecular flexibility index (Phi) is 5.48. The molecule has 196 valence electrons. The van der Waals surface area contributed by atoms with Crippen LogP contribution in [0, 0.1) is 19.3 Å². The van der Waals surface area contributed by atoms with Crippen LogP contribution in [0.1, 0.15) is 59.2 Å². The van der Waals surface area contributed by atoms with Crippen molar-refractivity contribution in [1.29, 1.82) is 0 Å². The highest BCUT2D eigenvalue weighted by Crippen LogP contribution is 2.61. The Morgan fingerprint density at radius 3 is 2.02 bits per heavy atom. The minimum Gasteiger partial charge on any atom is -0.352 e. The van der Waals surface area contributed by atoms with Crippen LogP contribution in [-0.2, 0) is 0 Å². The molecule has 5 heteroatoms. The van der Waals surface area contributed by atoms with Gasteiger partial charge in [-0.2, -0.15) is 0 Å². The molecule has 0 saturated carbocycles. The molecule has 7 rings (SSSR count). The zero-order chi connectivity index (χ0) is 27.8. The molecule has 4 aromatic carbocycles. The summed E-state index contributed by atoms with van der Waals surface area (Å²) in [4.78, 5) is 45.9. The van der Waals surface area contributed by atoms with E-state index in [4.69, 9.17) is 11.6 Å². The fraction of sp³-hybridized carbons (Fsp3) is 0.171. The van der Waals surface area contributed by atoms with Crippen molar-refractivity contribution in [2.75, 3.05) is 4.90 Å². The van der Waals surface area contributed by atoms with Gasteiger partial charge in [0.2, 0.25) is 0 Å². The van der Waals surface area contributed by atoms with Crippen LogP contribution in [0.4, 0.5) is 5.69 Å². The molecule has 1 aliphatic carbocycles. The van der Waals surface area contributed by atoms with E-state index in [1.807, 2.05) is 91.6 Å². The van der Waals surface area contributed by atoms with E-state index in [1.54, 1.807) is 30.3 Å². The number of carbonyl (C=O) groups is 3. The maximum Gasteiger partial charge on any atom is 0.185 e. The molecule has 0 amide bonds. The van der Waals surface area contributed by atoms with E-state index in [-0.39, 0.29) is 17.3 Å². The number of carbonyl (C=O) groups excluding carboxylic acids is 3. The van der Waals surface area contributed by atoms with Crippen LogP contribution in [-0.4, -0.2) is 29.4 Å². The van der Waals surface area contributed by atoms with E-state index in [2.05, 4.69) is 0 Å². The molecular weight excluding hydrogens is 518 g/mol. The van der Waals surface area contributed by atoms with E-state index >= 15 is 0 Å². The summed E-state index contributed by atoms with van der Waals surface area (Å²) in [6, 6.07) is 26.5. The van der Waals surface area contributed by atoms with Gasteiger partial charge in [-0.1, -0.05) is 108 Å². The van der Waals surface area contributed by atoms with Gasteiger partial charge in [0.05, 0.1) is 6.04 Å². The predicted octanol–water partition coefficient (Wildman–Crippen LogP) is 7.27. The maximum absolute atomic E-state index is 14.7. The molecule has 4 nitrogen and oxygen atoms in total. The topological polar surface area (TPSA) is 54.5 Å². The summed E-state index contributed by atoms with van der Waals surface area (Å²) < 4.78 is 0. The molecule has 0 unspecified atom stereocenters. The van der Waals surface area contributed by atoms with E-state index in [0.717, 1.165) is 27.9 Å². The van der Waals surface area contributed by atoms with Gasteiger partial charge in [-0.3, -0.25) is 14.4 Å². The molecular formula is C35H26ClNO3. The molecule has 0 radical (unpaired) electrons. The van der Waals surface area contributed by atoms with Crippen molar-refractivity contribution in [3.63, 3.8) is 0 Å². The lowest BCUT2D eigenvalue weighted by atomic mass is 9.64. The molecule has 2 heterocycles. The second-order valence-electron chi connectivity index (χ2n) is 11.1. The van der Waals surface area contributed by atoms with Crippen LogP contribution >= 0.6 is 11.6 Å². The molecule has 0 bridgehead atoms. The Hall–Kier alpha value is -4.28. The Morgan fingerprint density at radius 1 is 0.800 bits per heavy atom. The zero-order valence-electron chi connectivity index (χ0n) is 22.1. The fourth-order valence-electron chi connectivity index (χ4n) is 6.98. The first kappa shape index (κ1) is 24.7. The van der Waals surface area contributed by atoms with Crippen LogP contribution in [0.15, 0.2) is 97.1 Å². The molecule has 3 aliphatic rings. The van der Waals surface area contributed by atoms with Crippen molar-refractivity contribution in [1.82, 2.24) is 0 Å². The number of rotatable bonds is 3. The molecule has 1 fully saturated rings. The van der Waals surface area contributed by atoms with Gasteiger partial charge in [-0.05, 0) is 43.2 Å². The minimum absolute atomic E-state index is 0.125. The summed E-state index contributed by atoms with van der Waals surface area (Å²) in [5, 5.41) is 0.577. The Bertz CT molecular complexity index is 1720. The highest BCUT2D eigenvalue weighted by atomic mass is 35.5. The normalized spacial score (nSPS) is 21.9. The number of benzene rings is 4. The lowest BCUT2D eigenvalue weighted by Gasteiger charge is -2.37. The number of anilines is 1. The molecule has 2 aliphatic heterocycles. The largest absolute Gasteiger partial charge is 0.352 e. The third-order valence-corrected chi connectivity index (χ3v) is 9.04. The highest BCUT2D eigenvalue weighted by molar-refractivity contribution is 6.32. The fourth-order valence-corrected chi connectivity index (χ4v) is 7.16. The van der Waals surface area contributed by atoms with Crippen molar-refractivity contribution in [2.45, 2.75) is 31.8 Å². The summed E-state index contributed by atoms with van der Waals surface area (Å²) in [5.74, 6) is -1.30. The van der Waals surface area contributed by atoms with Crippen LogP contribution < -0.4 is 4.90 Å². The number of ketones is 3. The number of halogens is 1. The van der Waals surface area contributed by atoms with Crippen LogP contribution in [0.2, 0.25) is 5.02 Å². The molecule has 0 N–H and O–H groups in total. The van der Waals surface area contributed by atoms with Crippen LogP contribution in [0.5, 0.6) is 0 Å². The third kappa shape index (κ3) is 3.29. The first-order valence-electron chi connectivity index (χ1n) is 13.4. The molecule has 3 atom stereocenters. The van der Waals surface area contributed by atoms with Crippen LogP contribution in [0.3, 0.4) is 0 Å². The van der Waals surface area contributed by atoms with Gasteiger partial charge in [0.15, 0.2) is 17.3 Å². The lowest BCUT2D eigenvalue weighted by Crippen LogP contribution is -2.48. The molecule has 40 heavy (non-hydrogen) atoms. The SMILES string of the molecule is Cc1ccc(C(=O)[C@@H]2[C@H](c3ccc(C)cc3)C3(C(=O)c4ccccc4C3=O)[C@H]3C=Cc4cc(Cl)ccc4N23)cc1. The number of hydrogen-bond acceptors (Lipinski definition) is 4. The lowest BCUT2D eigenvalue weighted by molar-refractivity contribution is 0.0666. The summed E-state index contributed by atoms with van der Waals surface area (Å²) >= 11 is 6.37. The van der Waals surface area contributed by atoms with Gasteiger partial charge in [0.25, 0.3) is 0 Å². The molecule has 1 spiro atoms. The van der Waals surface area contributed by atoms with Gasteiger partial charge < -0.3 is 4.90 Å². The van der Waals surface area contributed by atoms with E-state index in [0.29, 0.717) is 21.7 Å². The van der Waals surface area contributed by atoms with Gasteiger partial charge >= 0.3 is 0 Å². The summed E-state index contributed by atoms with van der Waals surface area (Å²) in [5.41, 5.74) is 4.41. The average Bonchev–Trinajstić information content (AvgIpc) is 3.39. The molecule has 0 aromatic heterocycles. The number of Topliss-reactive ketones (excluding diaryl/α,β-unsaturated/α-hetero) is 3. The number of aryl methyl sites for hydroxylation is 2. The minimum atomic E-state index is -1.50. The molecule has 4 aromatic rings. The van der Waals surface area contributed by atoms with Gasteiger partial charge in [-0.15, -0.1) is 0 Å². The van der Waals surface area contributed by atoms with E-state index < -0.39 is 23.4 Å². The Labute approximate surface area is 237 Å². The van der Waals surface area contributed by atoms with Gasteiger partial charge in [0, 0.05) is 33.3 Å². The quantitative estimate of drug-likeness (QED) is 0.201. The standard InChI is InChI=1S/C35H26ClNO3/c1-20-7-11-22(12-8-20)30-31(32(38)23-13-9-21(2)10-14-23)37-28-17-16-25(36)19-24(28)15-18-29(37)35(30)33(39)26-5-3-4-6-27(26)34(35)40/h3-19,29-31H,1-2H3/t29-,30+,31+/m1/s1. The van der Waals surface area contributed by atoms with E-state index in [9.17, 15) is 14.4 Å². The number of nitrogens with zero attached hydrogens (tertiary/aromatic N) is 1. The van der Waals surface area contributed by atoms with Crippen LogP contribution in [0.25, 0.3) is 6.08 Å². The Balaban J connectivity index is 1.54. The Morgan fingerprint density at radius 2 is 1.40 bits per heavy atom. The molecule has 1 saturated heterocycles. The first-order chi connectivity index (χ1) is 19.3. The second kappa shape index (κ2) is 8.87. The highest BCUT2D eigenvalue weighted by Gasteiger charge is 2.71.